The van der Waals surface area contributed by atoms with Crippen LogP contribution in [0.15, 0.2) is 12.1 Å². The minimum atomic E-state index is -1.04. The second kappa shape index (κ2) is 5.78. The molecule has 7 nitrogen and oxygen atoms in total. The minimum Gasteiger partial charge on any atom is -0.335 e. The van der Waals surface area contributed by atoms with Crippen molar-refractivity contribution in [3.63, 3.8) is 0 Å². The molecule has 25 heavy (non-hydrogen) atoms. The normalized spacial score (nSPS) is 24.8. The third-order valence-corrected chi connectivity index (χ3v) is 5.74. The third kappa shape index (κ3) is 2.81. The first kappa shape index (κ1) is 16.5. The molecular formula is C16H16Cl2N4O3. The number of halogens is 2. The van der Waals surface area contributed by atoms with Crippen LogP contribution in [0, 0.1) is 5.92 Å². The van der Waals surface area contributed by atoms with Gasteiger partial charge >= 0.3 is 12.1 Å². The van der Waals surface area contributed by atoms with E-state index in [9.17, 15) is 14.4 Å². The summed E-state index contributed by atoms with van der Waals surface area (Å²) >= 11 is 12.0. The Morgan fingerprint density at radius 1 is 1.20 bits per heavy atom. The number of hydrogen-bond acceptors (Lipinski definition) is 3. The van der Waals surface area contributed by atoms with Crippen LogP contribution in [-0.2, 0) is 17.9 Å². The summed E-state index contributed by atoms with van der Waals surface area (Å²) in [5.74, 6) is -0.309. The van der Waals surface area contributed by atoms with E-state index in [1.807, 2.05) is 0 Å². The van der Waals surface area contributed by atoms with E-state index < -0.39 is 11.6 Å². The van der Waals surface area contributed by atoms with E-state index in [1.165, 1.54) is 0 Å². The number of rotatable bonds is 3. The predicted octanol–water partition coefficient (Wildman–Crippen LogP) is 2.01. The Morgan fingerprint density at radius 2 is 1.80 bits per heavy atom. The maximum absolute atomic E-state index is 12.5. The number of nitrogens with zero attached hydrogens (tertiary/aromatic N) is 1. The molecule has 0 bridgehead atoms. The molecule has 132 valence electrons. The molecule has 9 heteroatoms. The first-order valence-electron chi connectivity index (χ1n) is 8.02. The second-order valence-corrected chi connectivity index (χ2v) is 7.52. The molecule has 3 aliphatic rings. The number of carbonyl (C=O) groups excluding carboxylic acids is 3. The molecule has 1 unspecified atom stereocenters. The van der Waals surface area contributed by atoms with Crippen molar-refractivity contribution in [2.45, 2.75) is 31.5 Å². The zero-order chi connectivity index (χ0) is 17.8. The van der Waals surface area contributed by atoms with Gasteiger partial charge in [-0.15, -0.1) is 0 Å². The van der Waals surface area contributed by atoms with Crippen LogP contribution in [0.3, 0.4) is 0 Å². The SMILES string of the molecule is O=C1NC(=O)C(CNC(=O)N2Cc3cc(Cl)c(Cl)cc3C2)(C2CC2)N1. The number of imide groups is 1. The molecule has 4 rings (SSSR count). The number of hydrogen-bond donors (Lipinski definition) is 3. The minimum absolute atomic E-state index is 0.0626. The highest BCUT2D eigenvalue weighted by atomic mass is 35.5. The molecule has 1 saturated carbocycles. The highest BCUT2D eigenvalue weighted by molar-refractivity contribution is 6.42. The van der Waals surface area contributed by atoms with Crippen LogP contribution >= 0.6 is 23.2 Å². The Balaban J connectivity index is 1.43. The lowest BCUT2D eigenvalue weighted by Crippen LogP contribution is -2.58. The molecule has 1 atom stereocenters. The largest absolute Gasteiger partial charge is 0.335 e. The lowest BCUT2D eigenvalue weighted by atomic mass is 9.93. The number of urea groups is 2. The van der Waals surface area contributed by atoms with Crippen LogP contribution in [0.4, 0.5) is 9.59 Å². The van der Waals surface area contributed by atoms with Crippen LogP contribution in [0.5, 0.6) is 0 Å². The van der Waals surface area contributed by atoms with Crippen molar-refractivity contribution in [3.05, 3.63) is 33.3 Å². The number of fused-ring (bicyclic) bond motifs is 1. The van der Waals surface area contributed by atoms with E-state index in [0.717, 1.165) is 24.0 Å². The summed E-state index contributed by atoms with van der Waals surface area (Å²) in [5, 5.41) is 8.66. The quantitative estimate of drug-likeness (QED) is 0.698. The van der Waals surface area contributed by atoms with Gasteiger partial charge in [-0.05, 0) is 42.0 Å². The Morgan fingerprint density at radius 3 is 2.28 bits per heavy atom. The first-order valence-corrected chi connectivity index (χ1v) is 8.78. The van der Waals surface area contributed by atoms with Gasteiger partial charge < -0.3 is 15.5 Å². The molecule has 2 heterocycles. The smallest absolute Gasteiger partial charge is 0.322 e. The van der Waals surface area contributed by atoms with Crippen LogP contribution in [0.1, 0.15) is 24.0 Å². The summed E-state index contributed by atoms with van der Waals surface area (Å²) in [6.07, 6.45) is 1.71. The molecule has 1 aromatic carbocycles. The van der Waals surface area contributed by atoms with Crippen LogP contribution in [0.25, 0.3) is 0 Å². The van der Waals surface area contributed by atoms with Gasteiger partial charge in [0.2, 0.25) is 0 Å². The van der Waals surface area contributed by atoms with Gasteiger partial charge in [0, 0.05) is 13.1 Å². The molecule has 1 aliphatic carbocycles. The van der Waals surface area contributed by atoms with Crippen molar-refractivity contribution in [1.82, 2.24) is 20.9 Å². The Bertz CT molecular complexity index is 765. The van der Waals surface area contributed by atoms with Gasteiger partial charge in [0.05, 0.1) is 16.6 Å². The zero-order valence-electron chi connectivity index (χ0n) is 13.2. The van der Waals surface area contributed by atoms with Gasteiger partial charge in [-0.3, -0.25) is 10.1 Å². The fraction of sp³-hybridized carbons (Fsp3) is 0.438. The van der Waals surface area contributed by atoms with Gasteiger partial charge in [-0.1, -0.05) is 23.2 Å². The van der Waals surface area contributed by atoms with Crippen molar-refractivity contribution in [1.29, 1.82) is 0 Å². The van der Waals surface area contributed by atoms with E-state index in [2.05, 4.69) is 16.0 Å². The number of carbonyl (C=O) groups is 3. The molecule has 1 saturated heterocycles. The predicted molar refractivity (Wildman–Crippen MR) is 91.2 cm³/mol. The van der Waals surface area contributed by atoms with Crippen molar-refractivity contribution in [3.8, 4) is 0 Å². The van der Waals surface area contributed by atoms with Gasteiger partial charge in [-0.2, -0.15) is 0 Å². The van der Waals surface area contributed by atoms with Gasteiger partial charge in [0.1, 0.15) is 5.54 Å². The lowest BCUT2D eigenvalue weighted by Gasteiger charge is -2.27. The molecular weight excluding hydrogens is 367 g/mol. The highest BCUT2D eigenvalue weighted by Crippen LogP contribution is 2.41. The van der Waals surface area contributed by atoms with E-state index in [0.29, 0.717) is 23.1 Å². The fourth-order valence-electron chi connectivity index (χ4n) is 3.50. The Kier molecular flexibility index (Phi) is 3.81. The molecule has 5 amide bonds. The Hall–Kier alpha value is -1.99. The van der Waals surface area contributed by atoms with Crippen molar-refractivity contribution in [2.75, 3.05) is 6.54 Å². The topological polar surface area (TPSA) is 90.5 Å². The van der Waals surface area contributed by atoms with Crippen LogP contribution in [0.2, 0.25) is 10.0 Å². The molecule has 0 aromatic heterocycles. The van der Waals surface area contributed by atoms with Gasteiger partial charge in [0.25, 0.3) is 5.91 Å². The molecule has 1 aromatic rings. The molecule has 2 fully saturated rings. The van der Waals surface area contributed by atoms with E-state index in [1.54, 1.807) is 17.0 Å². The Labute approximate surface area is 154 Å². The van der Waals surface area contributed by atoms with Crippen LogP contribution < -0.4 is 16.0 Å². The average Bonchev–Trinajstić information content (AvgIpc) is 3.27. The summed E-state index contributed by atoms with van der Waals surface area (Å²) < 4.78 is 0. The van der Waals surface area contributed by atoms with E-state index in [-0.39, 0.29) is 24.4 Å². The van der Waals surface area contributed by atoms with Gasteiger partial charge in [-0.25, -0.2) is 9.59 Å². The summed E-state index contributed by atoms with van der Waals surface area (Å²) in [7, 11) is 0. The number of amides is 5. The molecule has 0 radical (unpaired) electrons. The maximum Gasteiger partial charge on any atom is 0.322 e. The van der Waals surface area contributed by atoms with E-state index in [4.69, 9.17) is 23.2 Å². The standard InChI is InChI=1S/C16H16Cl2N4O3/c17-11-3-8-5-22(6-9(8)4-12(11)18)15(25)19-7-16(10-1-2-10)13(23)20-14(24)21-16/h3-4,10H,1-2,5-7H2,(H,19,25)(H2,20,21,23,24). The third-order valence-electron chi connectivity index (χ3n) is 5.01. The summed E-state index contributed by atoms with van der Waals surface area (Å²) in [6, 6.07) is 2.73. The first-order chi connectivity index (χ1) is 11.9. The van der Waals surface area contributed by atoms with Crippen molar-refractivity contribution in [2.24, 2.45) is 5.92 Å². The average molecular weight is 383 g/mol. The van der Waals surface area contributed by atoms with Crippen molar-refractivity contribution < 1.29 is 14.4 Å². The zero-order valence-corrected chi connectivity index (χ0v) is 14.7. The van der Waals surface area contributed by atoms with Crippen molar-refractivity contribution >= 4 is 41.2 Å². The number of nitrogens with one attached hydrogen (secondary N) is 3. The van der Waals surface area contributed by atoms with Crippen LogP contribution in [-0.4, -0.2) is 35.0 Å². The monoisotopic (exact) mass is 382 g/mol. The maximum atomic E-state index is 12.5. The summed E-state index contributed by atoms with van der Waals surface area (Å²) in [6.45, 7) is 0.919. The molecule has 3 N–H and O–H groups in total. The molecule has 0 spiro atoms. The van der Waals surface area contributed by atoms with Gasteiger partial charge in [0.15, 0.2) is 0 Å². The van der Waals surface area contributed by atoms with E-state index >= 15 is 0 Å². The molecule has 2 aliphatic heterocycles. The lowest BCUT2D eigenvalue weighted by molar-refractivity contribution is -0.124. The summed E-state index contributed by atoms with van der Waals surface area (Å²) in [5.41, 5.74) is 0.869. The fourth-order valence-corrected chi connectivity index (χ4v) is 3.87. The second-order valence-electron chi connectivity index (χ2n) is 6.70. The highest BCUT2D eigenvalue weighted by Gasteiger charge is 2.56. The number of benzene rings is 1. The summed E-state index contributed by atoms with van der Waals surface area (Å²) in [4.78, 5) is 37.8.